The highest BCUT2D eigenvalue weighted by Gasteiger charge is 2.24. The van der Waals surface area contributed by atoms with Crippen molar-refractivity contribution in [2.75, 3.05) is 27.2 Å². The van der Waals surface area contributed by atoms with Crippen molar-refractivity contribution in [2.24, 2.45) is 0 Å². The summed E-state index contributed by atoms with van der Waals surface area (Å²) in [6.45, 7) is 1.24. The normalized spacial score (nSPS) is 12.0. The average molecular weight is 350 g/mol. The van der Waals surface area contributed by atoms with Gasteiger partial charge in [-0.2, -0.15) is 0 Å². The van der Waals surface area contributed by atoms with Crippen LogP contribution in [0, 0.1) is 0 Å². The van der Waals surface area contributed by atoms with E-state index in [-0.39, 0.29) is 17.0 Å². The molecule has 0 aliphatic rings. The third kappa shape index (κ3) is 4.95. The number of benzene rings is 1. The molecule has 23 heavy (non-hydrogen) atoms. The molecule has 1 amide bonds. The highest BCUT2D eigenvalue weighted by molar-refractivity contribution is 7.89. The van der Waals surface area contributed by atoms with Crippen LogP contribution in [0.15, 0.2) is 29.2 Å². The molecule has 0 unspecified atom stereocenters. The summed E-state index contributed by atoms with van der Waals surface area (Å²) in [5.74, 6) is -0.635. The summed E-state index contributed by atoms with van der Waals surface area (Å²) < 4.78 is 50.2. The van der Waals surface area contributed by atoms with Gasteiger partial charge in [0, 0.05) is 19.2 Å². The van der Waals surface area contributed by atoms with Crippen molar-refractivity contribution in [3.05, 3.63) is 29.8 Å². The number of carbonyl (C=O) groups excluding carboxylic acids is 1. The first kappa shape index (κ1) is 19.5. The van der Waals surface area contributed by atoms with Crippen LogP contribution in [0.4, 0.5) is 8.78 Å². The van der Waals surface area contributed by atoms with E-state index < -0.39 is 28.9 Å². The van der Waals surface area contributed by atoms with Crippen molar-refractivity contribution in [3.63, 3.8) is 0 Å². The first-order valence-corrected chi connectivity index (χ1v) is 8.38. The molecule has 0 fully saturated rings. The lowest BCUT2D eigenvalue weighted by atomic mass is 10.2. The van der Waals surface area contributed by atoms with Crippen LogP contribution < -0.4 is 0 Å². The second-order valence-electron chi connectivity index (χ2n) is 4.77. The molecule has 0 bridgehead atoms. The second-order valence-corrected chi connectivity index (χ2v) is 6.70. The van der Waals surface area contributed by atoms with Crippen molar-refractivity contribution in [2.45, 2.75) is 24.7 Å². The van der Waals surface area contributed by atoms with Crippen LogP contribution in [0.3, 0.4) is 0 Å². The largest absolute Gasteiger partial charge is 0.333 e. The summed E-state index contributed by atoms with van der Waals surface area (Å²) in [4.78, 5) is 17.9. The summed E-state index contributed by atoms with van der Waals surface area (Å²) >= 11 is 0. The van der Waals surface area contributed by atoms with Gasteiger partial charge in [0.1, 0.15) is 0 Å². The number of hydrogen-bond acceptors (Lipinski definition) is 4. The van der Waals surface area contributed by atoms with Crippen LogP contribution in [-0.2, 0) is 14.9 Å². The minimum absolute atomic E-state index is 0.0321. The number of hydrogen-bond donors (Lipinski definition) is 0. The van der Waals surface area contributed by atoms with Crippen LogP contribution >= 0.6 is 0 Å². The molecule has 0 N–H and O–H groups in total. The Labute approximate surface area is 134 Å². The number of rotatable bonds is 8. The van der Waals surface area contributed by atoms with Gasteiger partial charge in [0.05, 0.1) is 18.6 Å². The maximum Gasteiger partial charge on any atom is 0.264 e. The van der Waals surface area contributed by atoms with Crippen molar-refractivity contribution in [3.8, 4) is 0 Å². The topological polar surface area (TPSA) is 66.9 Å². The monoisotopic (exact) mass is 350 g/mol. The smallest absolute Gasteiger partial charge is 0.264 e. The van der Waals surface area contributed by atoms with Gasteiger partial charge in [-0.1, -0.05) is 17.5 Å². The Morgan fingerprint density at radius 1 is 1.35 bits per heavy atom. The van der Waals surface area contributed by atoms with E-state index in [2.05, 4.69) is 4.84 Å². The van der Waals surface area contributed by atoms with Crippen molar-refractivity contribution >= 4 is 15.9 Å². The van der Waals surface area contributed by atoms with E-state index in [1.165, 1.54) is 32.4 Å². The van der Waals surface area contributed by atoms with E-state index in [9.17, 15) is 22.0 Å². The van der Waals surface area contributed by atoms with Crippen LogP contribution in [0.25, 0.3) is 0 Å². The van der Waals surface area contributed by atoms with Gasteiger partial charge in [-0.05, 0) is 24.6 Å². The van der Waals surface area contributed by atoms with Gasteiger partial charge < -0.3 is 4.90 Å². The van der Waals surface area contributed by atoms with E-state index in [1.807, 2.05) is 0 Å². The summed E-state index contributed by atoms with van der Waals surface area (Å²) in [5, 5.41) is 0. The van der Waals surface area contributed by atoms with Gasteiger partial charge in [-0.3, -0.25) is 9.63 Å². The molecule has 0 atom stereocenters. The molecule has 0 saturated heterocycles. The molecule has 0 aliphatic heterocycles. The van der Waals surface area contributed by atoms with Gasteiger partial charge in [-0.25, -0.2) is 17.2 Å². The second kappa shape index (κ2) is 8.32. The minimum atomic E-state index is -3.91. The Balaban J connectivity index is 3.14. The predicted octanol–water partition coefficient (Wildman–Crippen LogP) is 1.99. The molecule has 1 aromatic carbocycles. The third-order valence-electron chi connectivity index (χ3n) is 3.11. The van der Waals surface area contributed by atoms with Crippen LogP contribution in [0.5, 0.6) is 0 Å². The average Bonchev–Trinajstić information content (AvgIpc) is 2.52. The fourth-order valence-electron chi connectivity index (χ4n) is 1.93. The van der Waals surface area contributed by atoms with Gasteiger partial charge in [0.2, 0.25) is 0 Å². The molecule has 1 aromatic rings. The van der Waals surface area contributed by atoms with E-state index in [0.29, 0.717) is 10.9 Å². The molecular weight excluding hydrogens is 330 g/mol. The molecule has 0 aliphatic carbocycles. The number of carbonyl (C=O) groups is 1. The van der Waals surface area contributed by atoms with Crippen molar-refractivity contribution < 1.29 is 26.8 Å². The molecule has 6 nitrogen and oxygen atoms in total. The fraction of sp³-hybridized carbons (Fsp3) is 0.500. The number of alkyl halides is 2. The highest BCUT2D eigenvalue weighted by atomic mass is 32.2. The molecule has 0 heterocycles. The van der Waals surface area contributed by atoms with E-state index >= 15 is 0 Å². The first-order chi connectivity index (χ1) is 10.7. The van der Waals surface area contributed by atoms with Gasteiger partial charge in [0.15, 0.2) is 0 Å². The predicted molar refractivity (Wildman–Crippen MR) is 80.6 cm³/mol. The maximum atomic E-state index is 12.6. The Bertz CT molecular complexity index is 637. The summed E-state index contributed by atoms with van der Waals surface area (Å²) in [6.07, 6.45) is -2.14. The Kier molecular flexibility index (Phi) is 7.04. The van der Waals surface area contributed by atoms with E-state index in [4.69, 9.17) is 0 Å². The Hall–Kier alpha value is -1.58. The molecule has 1 rings (SSSR count). The highest BCUT2D eigenvalue weighted by Crippen LogP contribution is 2.17. The van der Waals surface area contributed by atoms with Gasteiger partial charge in [-0.15, -0.1) is 0 Å². The zero-order valence-electron chi connectivity index (χ0n) is 13.2. The number of hydroxylamine groups is 1. The Morgan fingerprint density at radius 2 is 2.00 bits per heavy atom. The standard InChI is InChI=1S/C14H20F2N2O4S/c1-4-8-18(10-13(15)16)14(19)11-6-5-7-12(9-11)23(20,21)17(2)22-3/h5-7,9,13H,4,8,10H2,1-3H3. The summed E-state index contributed by atoms with van der Waals surface area (Å²) in [5.41, 5.74) is 0.0321. The van der Waals surface area contributed by atoms with E-state index in [0.717, 1.165) is 11.0 Å². The van der Waals surface area contributed by atoms with Crippen LogP contribution in [0.1, 0.15) is 23.7 Å². The number of amides is 1. The zero-order valence-corrected chi connectivity index (χ0v) is 14.0. The number of halogens is 2. The molecule has 0 aromatic heterocycles. The van der Waals surface area contributed by atoms with Gasteiger partial charge >= 0.3 is 0 Å². The molecular formula is C14H20F2N2O4S. The first-order valence-electron chi connectivity index (χ1n) is 6.94. The quantitative estimate of drug-likeness (QED) is 0.673. The van der Waals surface area contributed by atoms with Crippen LogP contribution in [-0.4, -0.2) is 57.4 Å². The lowest BCUT2D eigenvalue weighted by Crippen LogP contribution is -2.36. The summed E-state index contributed by atoms with van der Waals surface area (Å²) in [6, 6.07) is 5.23. The summed E-state index contributed by atoms with van der Waals surface area (Å²) in [7, 11) is -1.51. The minimum Gasteiger partial charge on any atom is -0.333 e. The Morgan fingerprint density at radius 3 is 2.52 bits per heavy atom. The van der Waals surface area contributed by atoms with E-state index in [1.54, 1.807) is 6.92 Å². The zero-order chi connectivity index (χ0) is 17.6. The lowest BCUT2D eigenvalue weighted by Gasteiger charge is -2.22. The lowest BCUT2D eigenvalue weighted by molar-refractivity contribution is -0.0258. The molecule has 9 heteroatoms. The molecule has 0 spiro atoms. The molecule has 130 valence electrons. The van der Waals surface area contributed by atoms with Crippen molar-refractivity contribution in [1.29, 1.82) is 0 Å². The number of nitrogens with zero attached hydrogens (tertiary/aromatic N) is 2. The maximum absolute atomic E-state index is 12.6. The fourth-order valence-corrected chi connectivity index (χ4v) is 2.95. The van der Waals surface area contributed by atoms with Crippen LogP contribution in [0.2, 0.25) is 0 Å². The number of sulfonamides is 1. The molecule has 0 saturated carbocycles. The SMILES string of the molecule is CCCN(CC(F)F)C(=O)c1cccc(S(=O)(=O)N(C)OC)c1. The van der Waals surface area contributed by atoms with Gasteiger partial charge in [0.25, 0.3) is 22.4 Å². The third-order valence-corrected chi connectivity index (χ3v) is 4.79. The molecule has 0 radical (unpaired) electrons. The van der Waals surface area contributed by atoms with Crippen molar-refractivity contribution in [1.82, 2.24) is 9.37 Å².